The molecule has 1 saturated carbocycles. The molecule has 1 aromatic rings. The minimum absolute atomic E-state index is 0.0675. The van der Waals surface area contributed by atoms with E-state index in [2.05, 4.69) is 10.5 Å². The lowest BCUT2D eigenvalue weighted by Gasteiger charge is -2.23. The number of nitrogens with one attached hydrogen (secondary N) is 1. The molecule has 0 saturated heterocycles. The van der Waals surface area contributed by atoms with Gasteiger partial charge in [-0.1, -0.05) is 41.7 Å². The second-order valence-corrected chi connectivity index (χ2v) is 6.44. The third-order valence-corrected chi connectivity index (χ3v) is 4.46. The number of rotatable bonds is 3. The summed E-state index contributed by atoms with van der Waals surface area (Å²) < 4.78 is 0. The van der Waals surface area contributed by atoms with Gasteiger partial charge in [0.2, 0.25) is 5.60 Å². The molecule has 0 spiro atoms. The monoisotopic (exact) mass is 306 g/mol. The third kappa shape index (κ3) is 3.05. The van der Waals surface area contributed by atoms with Gasteiger partial charge in [-0.05, 0) is 37.5 Å². The van der Waals surface area contributed by atoms with E-state index < -0.39 is 5.60 Å². The zero-order valence-corrected chi connectivity index (χ0v) is 12.8. The fourth-order valence-electron chi connectivity index (χ4n) is 2.87. The first kappa shape index (κ1) is 14.4. The zero-order valence-electron chi connectivity index (χ0n) is 12.1. The van der Waals surface area contributed by atoms with Gasteiger partial charge in [0.25, 0.3) is 5.91 Å². The summed E-state index contributed by atoms with van der Waals surface area (Å²) in [4.78, 5) is 17.9. The Bertz CT molecular complexity index is 564. The first-order valence-corrected chi connectivity index (χ1v) is 7.77. The van der Waals surface area contributed by atoms with Gasteiger partial charge >= 0.3 is 0 Å². The van der Waals surface area contributed by atoms with Crippen molar-refractivity contribution in [2.24, 2.45) is 5.16 Å². The zero-order chi connectivity index (χ0) is 14.9. The van der Waals surface area contributed by atoms with Gasteiger partial charge in [0, 0.05) is 17.5 Å². The molecule has 1 atom stereocenters. The molecule has 3 rings (SSSR count). The van der Waals surface area contributed by atoms with Gasteiger partial charge in [-0.2, -0.15) is 0 Å². The summed E-state index contributed by atoms with van der Waals surface area (Å²) in [5, 5.41) is 7.86. The van der Waals surface area contributed by atoms with Crippen LogP contribution in [-0.2, 0) is 9.63 Å². The van der Waals surface area contributed by atoms with Crippen molar-refractivity contribution in [2.75, 3.05) is 0 Å². The highest BCUT2D eigenvalue weighted by molar-refractivity contribution is 6.30. The van der Waals surface area contributed by atoms with Gasteiger partial charge in [0.1, 0.15) is 0 Å². The Hall–Kier alpha value is -1.55. The van der Waals surface area contributed by atoms with Crippen LogP contribution in [-0.4, -0.2) is 23.3 Å². The summed E-state index contributed by atoms with van der Waals surface area (Å²) in [5.74, 6) is -0.0675. The number of benzene rings is 1. The van der Waals surface area contributed by atoms with Crippen molar-refractivity contribution in [3.63, 3.8) is 0 Å². The topological polar surface area (TPSA) is 50.7 Å². The molecule has 2 aliphatic rings. The average molecular weight is 307 g/mol. The van der Waals surface area contributed by atoms with Gasteiger partial charge in [-0.25, -0.2) is 0 Å². The van der Waals surface area contributed by atoms with Crippen LogP contribution in [0.25, 0.3) is 0 Å². The number of halogens is 1. The van der Waals surface area contributed by atoms with E-state index in [4.69, 9.17) is 16.4 Å². The van der Waals surface area contributed by atoms with E-state index in [-0.39, 0.29) is 11.9 Å². The van der Waals surface area contributed by atoms with Crippen molar-refractivity contribution < 1.29 is 9.63 Å². The predicted molar refractivity (Wildman–Crippen MR) is 82.5 cm³/mol. The molecule has 1 unspecified atom stereocenters. The molecule has 0 aromatic heterocycles. The summed E-state index contributed by atoms with van der Waals surface area (Å²) in [6.07, 6.45) is 4.98. The lowest BCUT2D eigenvalue weighted by Crippen LogP contribution is -2.48. The summed E-state index contributed by atoms with van der Waals surface area (Å²) in [7, 11) is 0. The highest BCUT2D eigenvalue weighted by atomic mass is 35.5. The number of hydrogen-bond acceptors (Lipinski definition) is 3. The number of carbonyl (C=O) groups excluding carboxylic acids is 1. The van der Waals surface area contributed by atoms with E-state index in [0.29, 0.717) is 11.4 Å². The summed E-state index contributed by atoms with van der Waals surface area (Å²) in [5.41, 5.74) is 0.824. The Kier molecular flexibility index (Phi) is 3.89. The maximum Gasteiger partial charge on any atom is 0.267 e. The molecule has 112 valence electrons. The van der Waals surface area contributed by atoms with Gasteiger partial charge in [0.05, 0.1) is 5.71 Å². The molecule has 1 aliphatic carbocycles. The Morgan fingerprint density at radius 3 is 2.67 bits per heavy atom. The smallest absolute Gasteiger partial charge is 0.267 e. The Balaban J connectivity index is 1.65. The number of carbonyl (C=O) groups is 1. The number of nitrogens with zero attached hydrogens (tertiary/aromatic N) is 1. The Morgan fingerprint density at radius 1 is 1.33 bits per heavy atom. The second-order valence-electron chi connectivity index (χ2n) is 6.00. The van der Waals surface area contributed by atoms with Crippen LogP contribution < -0.4 is 5.32 Å². The van der Waals surface area contributed by atoms with Crippen molar-refractivity contribution in [1.29, 1.82) is 0 Å². The van der Waals surface area contributed by atoms with Crippen LogP contribution in [0.4, 0.5) is 0 Å². The van der Waals surface area contributed by atoms with Gasteiger partial charge in [-0.15, -0.1) is 0 Å². The maximum absolute atomic E-state index is 12.4. The van der Waals surface area contributed by atoms with Crippen molar-refractivity contribution in [2.45, 2.75) is 50.7 Å². The molecule has 5 heteroatoms. The fraction of sp³-hybridized carbons (Fsp3) is 0.500. The first-order chi connectivity index (χ1) is 10.1. The fourth-order valence-corrected chi connectivity index (χ4v) is 2.99. The maximum atomic E-state index is 12.4. The van der Waals surface area contributed by atoms with Gasteiger partial charge in [-0.3, -0.25) is 4.79 Å². The quantitative estimate of drug-likeness (QED) is 0.931. The minimum atomic E-state index is -0.905. The van der Waals surface area contributed by atoms with E-state index in [9.17, 15) is 4.79 Å². The normalized spacial score (nSPS) is 25.5. The van der Waals surface area contributed by atoms with Crippen molar-refractivity contribution in [1.82, 2.24) is 5.32 Å². The molecule has 1 aromatic carbocycles. The van der Waals surface area contributed by atoms with E-state index in [1.807, 2.05) is 24.3 Å². The third-order valence-electron chi connectivity index (χ3n) is 4.21. The Morgan fingerprint density at radius 2 is 2.00 bits per heavy atom. The predicted octanol–water partition coefficient (Wildman–Crippen LogP) is 3.28. The van der Waals surface area contributed by atoms with Crippen molar-refractivity contribution in [3.05, 3.63) is 34.9 Å². The molecule has 1 aliphatic heterocycles. The molecule has 4 nitrogen and oxygen atoms in total. The molecular formula is C16H19ClN2O2. The molecule has 1 N–H and O–H groups in total. The number of oxime groups is 1. The largest absolute Gasteiger partial charge is 0.379 e. The van der Waals surface area contributed by atoms with Crippen LogP contribution in [0.2, 0.25) is 5.02 Å². The lowest BCUT2D eigenvalue weighted by molar-refractivity contribution is -0.142. The number of hydrogen-bond donors (Lipinski definition) is 1. The van der Waals surface area contributed by atoms with Gasteiger partial charge < -0.3 is 10.2 Å². The van der Waals surface area contributed by atoms with E-state index in [0.717, 1.165) is 24.1 Å². The SMILES string of the molecule is CC1(C(=O)NC2CCCC2)CC(c2ccc(Cl)cc2)=NO1. The van der Waals surface area contributed by atoms with Gasteiger partial charge in [0.15, 0.2) is 0 Å². The summed E-state index contributed by atoms with van der Waals surface area (Å²) >= 11 is 5.88. The highest BCUT2D eigenvalue weighted by Gasteiger charge is 2.43. The van der Waals surface area contributed by atoms with Crippen LogP contribution in [0, 0.1) is 0 Å². The van der Waals surface area contributed by atoms with E-state index in [1.54, 1.807) is 6.92 Å². The van der Waals surface area contributed by atoms with Crippen LogP contribution in [0.1, 0.15) is 44.6 Å². The molecule has 1 heterocycles. The molecule has 0 bridgehead atoms. The van der Waals surface area contributed by atoms with Crippen molar-refractivity contribution >= 4 is 23.2 Å². The molecule has 1 amide bonds. The minimum Gasteiger partial charge on any atom is -0.379 e. The summed E-state index contributed by atoms with van der Waals surface area (Å²) in [6.45, 7) is 1.80. The molecule has 21 heavy (non-hydrogen) atoms. The average Bonchev–Trinajstić information content (AvgIpc) is 3.10. The van der Waals surface area contributed by atoms with Crippen LogP contribution in [0.5, 0.6) is 0 Å². The molecule has 0 radical (unpaired) electrons. The van der Waals surface area contributed by atoms with Crippen LogP contribution in [0.3, 0.4) is 0 Å². The van der Waals surface area contributed by atoms with E-state index in [1.165, 1.54) is 12.8 Å². The highest BCUT2D eigenvalue weighted by Crippen LogP contribution is 2.28. The molecule has 1 fully saturated rings. The van der Waals surface area contributed by atoms with Crippen molar-refractivity contribution in [3.8, 4) is 0 Å². The lowest BCUT2D eigenvalue weighted by atomic mass is 9.95. The summed E-state index contributed by atoms with van der Waals surface area (Å²) in [6, 6.07) is 7.70. The standard InChI is InChI=1S/C16H19ClN2O2/c1-16(15(20)18-13-4-2-3-5-13)10-14(19-21-16)11-6-8-12(17)9-7-11/h6-9,13H,2-5,10H2,1H3,(H,18,20). The van der Waals surface area contributed by atoms with E-state index >= 15 is 0 Å². The first-order valence-electron chi connectivity index (χ1n) is 7.39. The van der Waals surface area contributed by atoms with Crippen LogP contribution >= 0.6 is 11.6 Å². The van der Waals surface area contributed by atoms with Crippen LogP contribution in [0.15, 0.2) is 29.4 Å². The number of amides is 1. The molecular weight excluding hydrogens is 288 g/mol. The second kappa shape index (κ2) is 5.68. The Labute approximate surface area is 129 Å².